The monoisotopic (exact) mass is 586 g/mol. The molecule has 1 fully saturated rings. The highest BCUT2D eigenvalue weighted by molar-refractivity contribution is 5.94. The van der Waals surface area contributed by atoms with Crippen molar-refractivity contribution >= 4 is 23.4 Å². The van der Waals surface area contributed by atoms with E-state index in [1.807, 2.05) is 18.2 Å². The van der Waals surface area contributed by atoms with Crippen LogP contribution in [0.5, 0.6) is 5.75 Å². The predicted molar refractivity (Wildman–Crippen MR) is 155 cm³/mol. The Morgan fingerprint density at radius 2 is 1.67 bits per heavy atom. The molecular formula is C30H42N4O8. The highest BCUT2D eigenvalue weighted by Gasteiger charge is 2.36. The summed E-state index contributed by atoms with van der Waals surface area (Å²) < 4.78 is 11.0. The Morgan fingerprint density at radius 3 is 2.36 bits per heavy atom. The number of hydrogen-bond acceptors (Lipinski definition) is 9. The summed E-state index contributed by atoms with van der Waals surface area (Å²) in [5.74, 6) is 0.0340. The van der Waals surface area contributed by atoms with Gasteiger partial charge in [0.1, 0.15) is 18.1 Å². The zero-order valence-electron chi connectivity index (χ0n) is 23.9. The van der Waals surface area contributed by atoms with Gasteiger partial charge in [-0.15, -0.1) is 0 Å². The van der Waals surface area contributed by atoms with Gasteiger partial charge in [0.05, 0.1) is 6.61 Å². The van der Waals surface area contributed by atoms with Crippen LogP contribution >= 0.6 is 0 Å². The number of unbranched alkanes of at least 4 members (excludes halogenated alkanes) is 3. The van der Waals surface area contributed by atoms with Gasteiger partial charge >= 0.3 is 0 Å². The van der Waals surface area contributed by atoms with Crippen LogP contribution in [0.4, 0.5) is 5.69 Å². The van der Waals surface area contributed by atoms with Crippen LogP contribution in [0.15, 0.2) is 54.6 Å². The number of nitrogens with zero attached hydrogens (tertiary/aromatic N) is 1. The van der Waals surface area contributed by atoms with Gasteiger partial charge in [-0.2, -0.15) is 0 Å². The van der Waals surface area contributed by atoms with E-state index in [0.29, 0.717) is 43.1 Å². The van der Waals surface area contributed by atoms with Gasteiger partial charge in [0.2, 0.25) is 18.1 Å². The van der Waals surface area contributed by atoms with Crippen molar-refractivity contribution < 1.29 is 39.2 Å². The van der Waals surface area contributed by atoms with Crippen LogP contribution in [-0.2, 0) is 14.3 Å². The van der Waals surface area contributed by atoms with E-state index in [4.69, 9.17) is 9.47 Å². The molecule has 2 aromatic rings. The number of anilines is 1. The largest absolute Gasteiger partial charge is 0.461 e. The molecule has 0 aromatic heterocycles. The second kappa shape index (κ2) is 17.4. The molecule has 4 unspecified atom stereocenters. The van der Waals surface area contributed by atoms with Gasteiger partial charge in [-0.3, -0.25) is 19.7 Å². The average Bonchev–Trinajstić information content (AvgIpc) is 3.00. The SMILES string of the molecule is CCC(=O)N(CCCCCCNC(=O)c1ccccc1)CCC(=O)Nc1ccc(OC2OC(CO)C(O)NC2O)cc1. The van der Waals surface area contributed by atoms with E-state index >= 15 is 0 Å². The third-order valence-corrected chi connectivity index (χ3v) is 6.77. The molecule has 6 N–H and O–H groups in total. The van der Waals surface area contributed by atoms with Crippen LogP contribution in [-0.4, -0.2) is 89.0 Å². The number of aliphatic hydroxyl groups is 3. The molecule has 0 aliphatic carbocycles. The lowest BCUT2D eigenvalue weighted by atomic mass is 10.1. The number of benzene rings is 2. The van der Waals surface area contributed by atoms with Crippen molar-refractivity contribution in [1.29, 1.82) is 0 Å². The molecule has 230 valence electrons. The Labute approximate surface area is 246 Å². The number of hydrogen-bond donors (Lipinski definition) is 6. The minimum atomic E-state index is -1.30. The van der Waals surface area contributed by atoms with Gasteiger partial charge in [-0.05, 0) is 49.2 Å². The van der Waals surface area contributed by atoms with Crippen molar-refractivity contribution in [2.24, 2.45) is 0 Å². The Hall–Kier alpha value is -3.55. The van der Waals surface area contributed by atoms with Crippen molar-refractivity contribution in [2.45, 2.75) is 70.3 Å². The van der Waals surface area contributed by atoms with Gasteiger partial charge in [0, 0.05) is 43.7 Å². The van der Waals surface area contributed by atoms with Crippen LogP contribution in [0.2, 0.25) is 0 Å². The van der Waals surface area contributed by atoms with Crippen LogP contribution < -0.4 is 20.7 Å². The Kier molecular flexibility index (Phi) is 13.7. The molecule has 4 atom stereocenters. The summed E-state index contributed by atoms with van der Waals surface area (Å²) in [5.41, 5.74) is 1.18. The van der Waals surface area contributed by atoms with Crippen molar-refractivity contribution in [3.05, 3.63) is 60.2 Å². The Bertz CT molecular complexity index is 1120. The molecule has 3 amide bonds. The number of morpholine rings is 1. The average molecular weight is 587 g/mol. The number of ether oxygens (including phenoxy) is 2. The van der Waals surface area contributed by atoms with E-state index in [9.17, 15) is 29.7 Å². The first kappa shape index (κ1) is 33.0. The second-order valence-corrected chi connectivity index (χ2v) is 9.99. The minimum Gasteiger partial charge on any atom is -0.461 e. The molecule has 1 aliphatic rings. The summed E-state index contributed by atoms with van der Waals surface area (Å²) in [6, 6.07) is 15.5. The molecule has 12 nitrogen and oxygen atoms in total. The van der Waals surface area contributed by atoms with Gasteiger partial charge in [-0.1, -0.05) is 38.0 Å². The fourth-order valence-electron chi connectivity index (χ4n) is 4.39. The van der Waals surface area contributed by atoms with Crippen molar-refractivity contribution in [3.8, 4) is 5.75 Å². The molecule has 0 spiro atoms. The van der Waals surface area contributed by atoms with Gasteiger partial charge < -0.3 is 40.3 Å². The van der Waals surface area contributed by atoms with Crippen molar-refractivity contribution in [3.63, 3.8) is 0 Å². The highest BCUT2D eigenvalue weighted by Crippen LogP contribution is 2.21. The number of carbonyl (C=O) groups is 3. The van der Waals surface area contributed by atoms with E-state index < -0.39 is 31.5 Å². The summed E-state index contributed by atoms with van der Waals surface area (Å²) >= 11 is 0. The van der Waals surface area contributed by atoms with Crippen molar-refractivity contribution in [1.82, 2.24) is 15.5 Å². The van der Waals surface area contributed by atoms with Crippen LogP contribution in [0.25, 0.3) is 0 Å². The normalized spacial score (nSPS) is 20.0. The van der Waals surface area contributed by atoms with Gasteiger partial charge in [0.25, 0.3) is 5.91 Å². The van der Waals surface area contributed by atoms with E-state index in [1.165, 1.54) is 0 Å². The summed E-state index contributed by atoms with van der Waals surface area (Å²) in [7, 11) is 0. The molecule has 42 heavy (non-hydrogen) atoms. The molecule has 1 aliphatic heterocycles. The number of aliphatic hydroxyl groups excluding tert-OH is 3. The lowest BCUT2D eigenvalue weighted by Crippen LogP contribution is -2.61. The van der Waals surface area contributed by atoms with Crippen LogP contribution in [0.3, 0.4) is 0 Å². The zero-order chi connectivity index (χ0) is 30.3. The summed E-state index contributed by atoms with van der Waals surface area (Å²) in [5, 5.41) is 37.2. The molecule has 1 saturated heterocycles. The zero-order valence-corrected chi connectivity index (χ0v) is 23.9. The quantitative estimate of drug-likeness (QED) is 0.160. The number of rotatable bonds is 16. The molecular weight excluding hydrogens is 544 g/mol. The van der Waals surface area contributed by atoms with Gasteiger partial charge in [-0.25, -0.2) is 0 Å². The predicted octanol–water partition coefficient (Wildman–Crippen LogP) is 1.57. The molecule has 3 rings (SSSR count). The first-order chi connectivity index (χ1) is 20.3. The van der Waals surface area contributed by atoms with E-state index in [2.05, 4.69) is 16.0 Å². The topological polar surface area (TPSA) is 170 Å². The standard InChI is InChI=1S/C30H42N4O8/c1-2-26(37)34(18-9-4-3-8-17-31-27(38)21-10-6-5-7-11-21)19-16-25(36)32-22-12-14-23(15-13-22)41-30-29(40)33-28(39)24(20-35)42-30/h5-7,10-15,24,28-30,33,35,39-40H,2-4,8-9,16-20H2,1H3,(H,31,38)(H,32,36). The second-order valence-electron chi connectivity index (χ2n) is 9.99. The van der Waals surface area contributed by atoms with E-state index in [1.54, 1.807) is 48.2 Å². The highest BCUT2D eigenvalue weighted by atomic mass is 16.7. The first-order valence-electron chi connectivity index (χ1n) is 14.4. The Balaban J connectivity index is 1.34. The van der Waals surface area contributed by atoms with Crippen LogP contribution in [0.1, 0.15) is 55.8 Å². The summed E-state index contributed by atoms with van der Waals surface area (Å²) in [4.78, 5) is 38.8. The lowest BCUT2D eigenvalue weighted by molar-refractivity contribution is -0.255. The minimum absolute atomic E-state index is 0.00279. The lowest BCUT2D eigenvalue weighted by Gasteiger charge is -2.37. The smallest absolute Gasteiger partial charge is 0.251 e. The molecule has 2 aromatic carbocycles. The Morgan fingerprint density at radius 1 is 0.952 bits per heavy atom. The van der Waals surface area contributed by atoms with E-state index in [0.717, 1.165) is 25.7 Å². The maximum atomic E-state index is 12.6. The van der Waals surface area contributed by atoms with Crippen LogP contribution in [0, 0.1) is 0 Å². The number of amides is 3. The number of nitrogens with one attached hydrogen (secondary N) is 3. The van der Waals surface area contributed by atoms with Crippen molar-refractivity contribution in [2.75, 3.05) is 31.6 Å². The fraction of sp³-hybridized carbons (Fsp3) is 0.500. The van der Waals surface area contributed by atoms with Gasteiger partial charge in [0.15, 0.2) is 6.23 Å². The molecule has 0 radical (unpaired) electrons. The fourth-order valence-corrected chi connectivity index (χ4v) is 4.39. The summed E-state index contributed by atoms with van der Waals surface area (Å²) in [6.45, 7) is 2.83. The molecule has 0 saturated carbocycles. The molecule has 12 heteroatoms. The summed E-state index contributed by atoms with van der Waals surface area (Å²) in [6.07, 6.45) is -0.607. The maximum Gasteiger partial charge on any atom is 0.251 e. The third-order valence-electron chi connectivity index (χ3n) is 6.77. The van der Waals surface area contributed by atoms with E-state index in [-0.39, 0.29) is 24.1 Å². The molecule has 0 bridgehead atoms. The maximum absolute atomic E-state index is 12.6. The number of carbonyl (C=O) groups excluding carboxylic acids is 3. The molecule has 1 heterocycles. The first-order valence-corrected chi connectivity index (χ1v) is 14.4. The third kappa shape index (κ3) is 10.7.